The Hall–Kier alpha value is -3.20. The fourth-order valence-corrected chi connectivity index (χ4v) is 7.50. The third-order valence-corrected chi connectivity index (χ3v) is 11.0. The molecule has 12 nitrogen and oxygen atoms in total. The molecule has 0 radical (unpaired) electrons. The molecule has 1 aromatic carbocycles. The van der Waals surface area contributed by atoms with Crippen molar-refractivity contribution in [3.63, 3.8) is 0 Å². The number of carbonyl (C=O) groups is 2. The number of allylic oxidation sites excluding steroid dienone is 6. The SMILES string of the molecule is CCc1c(Cl)c(O)c(Cl)c(O)c1C(=O)O[C@H]1[C@H](O)[C@H](OC)[C@H](OC/C2=C/C=C/C[C@H](O)/C(C)=C/[C@H](CC)/C=C(C)/C=C(\C)C3C[C@H](OC2=O)[C@@H](C)O3)O[C@@H]1C. The number of aromatic hydroxyl groups is 2. The Balaban J connectivity index is 1.55. The lowest BCUT2D eigenvalue weighted by Gasteiger charge is -2.42. The molecule has 4 N–H and O–H groups in total. The summed E-state index contributed by atoms with van der Waals surface area (Å²) in [5, 5.41) is 42.3. The standard InChI is InChI=1S/C41H54Cl2O12/c1-9-25-16-20(3)15-22(5)29-18-30(23(6)52-29)54-39(48)26(13-11-12-14-28(44)21(4)17-25)19-51-41-38(50-8)36(47)37(24(7)53-41)55-40(49)31-27(10-2)32(42)35(46)33(43)34(31)45/h11-13,15-17,23-25,28-30,36-38,41,44-47H,9-10,14,18-19H2,1-8H3/b12-11+,20-16+,21-17+,22-15+,26-13-/t23-,24-,25-,28+,29?,30+,36+,37-,38+,41-/m1/s1. The molecule has 14 heteroatoms. The minimum Gasteiger partial charge on any atom is -0.505 e. The summed E-state index contributed by atoms with van der Waals surface area (Å²) >= 11 is 12.2. The largest absolute Gasteiger partial charge is 0.505 e. The van der Waals surface area contributed by atoms with Crippen molar-refractivity contribution in [2.45, 2.75) is 129 Å². The van der Waals surface area contributed by atoms with E-state index >= 15 is 0 Å². The molecule has 0 aliphatic carbocycles. The molecule has 0 amide bonds. The number of hydrogen-bond acceptors (Lipinski definition) is 12. The van der Waals surface area contributed by atoms with Gasteiger partial charge in [0, 0.05) is 13.5 Å². The Labute approximate surface area is 333 Å². The van der Waals surface area contributed by atoms with Gasteiger partial charge in [-0.15, -0.1) is 0 Å². The first-order valence-electron chi connectivity index (χ1n) is 18.6. The van der Waals surface area contributed by atoms with E-state index in [-0.39, 0.29) is 52.9 Å². The number of esters is 2. The molecule has 0 spiro atoms. The van der Waals surface area contributed by atoms with Gasteiger partial charge in [0.2, 0.25) is 0 Å². The Morgan fingerprint density at radius 1 is 0.964 bits per heavy atom. The lowest BCUT2D eigenvalue weighted by molar-refractivity contribution is -0.295. The van der Waals surface area contributed by atoms with E-state index in [1.165, 1.54) is 7.11 Å². The van der Waals surface area contributed by atoms with Crippen molar-refractivity contribution in [3.8, 4) is 11.5 Å². The number of benzene rings is 1. The first-order chi connectivity index (χ1) is 26.0. The first-order valence-corrected chi connectivity index (χ1v) is 19.3. The van der Waals surface area contributed by atoms with E-state index < -0.39 is 71.4 Å². The van der Waals surface area contributed by atoms with Gasteiger partial charge in [-0.3, -0.25) is 0 Å². The molecule has 2 fully saturated rings. The smallest absolute Gasteiger partial charge is 0.342 e. The molecule has 1 aromatic rings. The fourth-order valence-electron chi connectivity index (χ4n) is 6.94. The average Bonchev–Trinajstić information content (AvgIpc) is 3.51. The Morgan fingerprint density at radius 2 is 1.67 bits per heavy atom. The fraction of sp³-hybridized carbons (Fsp3) is 0.561. The van der Waals surface area contributed by atoms with Crippen molar-refractivity contribution in [2.24, 2.45) is 5.92 Å². The molecule has 10 atom stereocenters. The van der Waals surface area contributed by atoms with Gasteiger partial charge in [0.1, 0.15) is 28.9 Å². The van der Waals surface area contributed by atoms with Crippen LogP contribution in [0.5, 0.6) is 11.5 Å². The minimum atomic E-state index is -1.49. The summed E-state index contributed by atoms with van der Waals surface area (Å²) in [5.41, 5.74) is 2.78. The molecule has 2 saturated heterocycles. The van der Waals surface area contributed by atoms with Crippen LogP contribution in [-0.2, 0) is 39.6 Å². The van der Waals surface area contributed by atoms with Crippen LogP contribution >= 0.6 is 23.2 Å². The Bertz CT molecular complexity index is 1710. The number of aliphatic hydroxyl groups is 2. The van der Waals surface area contributed by atoms with Crippen LogP contribution in [0, 0.1) is 5.92 Å². The van der Waals surface area contributed by atoms with E-state index in [9.17, 15) is 30.0 Å². The number of fused-ring (bicyclic) bond motifs is 2. The van der Waals surface area contributed by atoms with E-state index in [0.29, 0.717) is 12.8 Å². The summed E-state index contributed by atoms with van der Waals surface area (Å²) in [5.74, 6) is -2.86. The van der Waals surface area contributed by atoms with Crippen molar-refractivity contribution in [2.75, 3.05) is 13.7 Å². The second-order valence-corrected chi connectivity index (χ2v) is 15.0. The molecule has 0 saturated carbocycles. The number of aliphatic hydroxyl groups excluding tert-OH is 2. The molecule has 3 aliphatic heterocycles. The number of carbonyl (C=O) groups excluding carboxylic acids is 2. The number of phenols is 2. The van der Waals surface area contributed by atoms with Gasteiger partial charge >= 0.3 is 11.9 Å². The third-order valence-electron chi connectivity index (χ3n) is 10.2. The predicted molar refractivity (Wildman–Crippen MR) is 207 cm³/mol. The van der Waals surface area contributed by atoms with Gasteiger partial charge in [0.25, 0.3) is 0 Å². The zero-order valence-corrected chi connectivity index (χ0v) is 34.1. The number of ether oxygens (including phenoxy) is 6. The van der Waals surface area contributed by atoms with E-state index in [0.717, 1.165) is 23.1 Å². The molecule has 1 unspecified atom stereocenters. The molecule has 304 valence electrons. The number of hydrogen-bond donors (Lipinski definition) is 4. The van der Waals surface area contributed by atoms with Crippen molar-refractivity contribution < 1.29 is 58.4 Å². The van der Waals surface area contributed by atoms with Crippen LogP contribution in [0.4, 0.5) is 0 Å². The monoisotopic (exact) mass is 808 g/mol. The van der Waals surface area contributed by atoms with E-state index in [2.05, 4.69) is 25.2 Å². The predicted octanol–water partition coefficient (Wildman–Crippen LogP) is 6.83. The van der Waals surface area contributed by atoms with E-state index in [1.54, 1.807) is 32.1 Å². The molecule has 3 aliphatic rings. The second-order valence-electron chi connectivity index (χ2n) is 14.3. The molecular weight excluding hydrogens is 755 g/mol. The van der Waals surface area contributed by atoms with E-state index in [1.807, 2.05) is 27.7 Å². The van der Waals surface area contributed by atoms with E-state index in [4.69, 9.17) is 51.6 Å². The molecule has 0 aromatic heterocycles. The van der Waals surface area contributed by atoms with Gasteiger partial charge in [-0.25, -0.2) is 9.59 Å². The first kappa shape index (κ1) is 44.5. The number of halogens is 2. The van der Waals surface area contributed by atoms with Crippen LogP contribution in [-0.4, -0.2) is 101 Å². The summed E-state index contributed by atoms with van der Waals surface area (Å²) in [6.07, 6.45) is 4.99. The van der Waals surface area contributed by atoms with Crippen LogP contribution in [0.15, 0.2) is 58.7 Å². The van der Waals surface area contributed by atoms with Gasteiger partial charge in [0.15, 0.2) is 23.9 Å². The number of methoxy groups -OCH3 is 1. The number of rotatable bonds is 8. The zero-order valence-electron chi connectivity index (χ0n) is 32.6. The Kier molecular flexibility index (Phi) is 16.0. The average molecular weight is 810 g/mol. The van der Waals surface area contributed by atoms with Crippen LogP contribution in [0.3, 0.4) is 0 Å². The minimum absolute atomic E-state index is 0.100. The maximum Gasteiger partial charge on any atom is 0.342 e. The van der Waals surface area contributed by atoms with Gasteiger partial charge in [-0.05, 0) is 82.6 Å². The molecule has 55 heavy (non-hydrogen) atoms. The number of phenolic OH excluding ortho intramolecular Hbond substituents is 2. The van der Waals surface area contributed by atoms with Crippen LogP contribution < -0.4 is 0 Å². The summed E-state index contributed by atoms with van der Waals surface area (Å²) in [6.45, 7) is 12.8. The highest BCUT2D eigenvalue weighted by atomic mass is 35.5. The highest BCUT2D eigenvalue weighted by Crippen LogP contribution is 2.45. The van der Waals surface area contributed by atoms with Gasteiger partial charge in [-0.2, -0.15) is 0 Å². The van der Waals surface area contributed by atoms with Crippen molar-refractivity contribution in [1.29, 1.82) is 0 Å². The Morgan fingerprint density at radius 3 is 2.33 bits per heavy atom. The van der Waals surface area contributed by atoms with Gasteiger partial charge < -0.3 is 48.8 Å². The summed E-state index contributed by atoms with van der Waals surface area (Å²) in [7, 11) is 1.31. The van der Waals surface area contributed by atoms with Crippen LogP contribution in [0.2, 0.25) is 10.0 Å². The van der Waals surface area contributed by atoms with Gasteiger partial charge in [0.05, 0.1) is 41.6 Å². The second kappa shape index (κ2) is 19.8. The normalized spacial score (nSPS) is 35.4. The maximum absolute atomic E-state index is 13.7. The lowest BCUT2D eigenvalue weighted by atomic mass is 9.96. The van der Waals surface area contributed by atoms with Crippen LogP contribution in [0.1, 0.15) is 83.7 Å². The van der Waals surface area contributed by atoms with Crippen molar-refractivity contribution in [1.82, 2.24) is 0 Å². The molecule has 2 bridgehead atoms. The van der Waals surface area contributed by atoms with Gasteiger partial charge in [-0.1, -0.05) is 73.0 Å². The molecule has 4 rings (SSSR count). The van der Waals surface area contributed by atoms with Crippen LogP contribution in [0.25, 0.3) is 0 Å². The molecular formula is C41H54Cl2O12. The zero-order chi connectivity index (χ0) is 40.7. The highest BCUT2D eigenvalue weighted by Gasteiger charge is 2.47. The topological polar surface area (TPSA) is 170 Å². The molecule has 3 heterocycles. The summed E-state index contributed by atoms with van der Waals surface area (Å²) in [4.78, 5) is 27.1. The quantitative estimate of drug-likeness (QED) is 0.160. The maximum atomic E-state index is 13.7. The summed E-state index contributed by atoms with van der Waals surface area (Å²) in [6, 6.07) is 0. The lowest BCUT2D eigenvalue weighted by Crippen LogP contribution is -2.59. The van der Waals surface area contributed by atoms with Crippen molar-refractivity contribution >= 4 is 35.1 Å². The van der Waals surface area contributed by atoms with Crippen molar-refractivity contribution in [3.05, 3.63) is 79.9 Å². The summed E-state index contributed by atoms with van der Waals surface area (Å²) < 4.78 is 35.4. The highest BCUT2D eigenvalue weighted by molar-refractivity contribution is 6.39. The third kappa shape index (κ3) is 10.6.